The molecule has 2 heteroatoms. The van der Waals surface area contributed by atoms with E-state index >= 15 is 0 Å². The van der Waals surface area contributed by atoms with Crippen molar-refractivity contribution >= 4 is 0 Å². The quantitative estimate of drug-likeness (QED) is 0.697. The number of aryl methyl sites for hydroxylation is 1. The van der Waals surface area contributed by atoms with Crippen LogP contribution >= 0.6 is 0 Å². The van der Waals surface area contributed by atoms with Gasteiger partial charge in [-0.25, -0.2) is 0 Å². The van der Waals surface area contributed by atoms with Gasteiger partial charge in [0.15, 0.2) is 0 Å². The van der Waals surface area contributed by atoms with Crippen LogP contribution in [0.5, 0.6) is 5.75 Å². The van der Waals surface area contributed by atoms with Crippen molar-refractivity contribution in [2.24, 2.45) is 0 Å². The van der Waals surface area contributed by atoms with E-state index in [2.05, 4.69) is 50.4 Å². The molecule has 0 fully saturated rings. The third-order valence-electron chi connectivity index (χ3n) is 2.60. The van der Waals surface area contributed by atoms with Gasteiger partial charge in [-0.15, -0.1) is 0 Å². The van der Waals surface area contributed by atoms with Gasteiger partial charge in [0.1, 0.15) is 5.75 Å². The van der Waals surface area contributed by atoms with Crippen molar-refractivity contribution in [1.82, 2.24) is 5.32 Å². The van der Waals surface area contributed by atoms with Crippen LogP contribution in [0.2, 0.25) is 0 Å². The van der Waals surface area contributed by atoms with Gasteiger partial charge in [-0.2, -0.15) is 0 Å². The van der Waals surface area contributed by atoms with E-state index < -0.39 is 0 Å². The zero-order valence-corrected chi connectivity index (χ0v) is 11.3. The van der Waals surface area contributed by atoms with Gasteiger partial charge in [0.05, 0.1) is 6.61 Å². The van der Waals surface area contributed by atoms with Crippen LogP contribution in [0.25, 0.3) is 0 Å². The average molecular weight is 235 g/mol. The molecule has 1 N–H and O–H groups in total. The SMILES string of the molecule is CCCc1ccc(OCCCNC(C)C)cc1. The Morgan fingerprint density at radius 1 is 1.18 bits per heavy atom. The van der Waals surface area contributed by atoms with E-state index in [1.165, 1.54) is 12.0 Å². The highest BCUT2D eigenvalue weighted by molar-refractivity contribution is 5.27. The van der Waals surface area contributed by atoms with Gasteiger partial charge in [-0.3, -0.25) is 0 Å². The van der Waals surface area contributed by atoms with Gasteiger partial charge in [-0.1, -0.05) is 39.3 Å². The molecule has 0 heterocycles. The second-order valence-corrected chi connectivity index (χ2v) is 4.70. The van der Waals surface area contributed by atoms with E-state index in [-0.39, 0.29) is 0 Å². The summed E-state index contributed by atoms with van der Waals surface area (Å²) in [5.41, 5.74) is 1.39. The molecule has 0 spiro atoms. The summed E-state index contributed by atoms with van der Waals surface area (Å²) >= 11 is 0. The Kier molecular flexibility index (Phi) is 6.71. The monoisotopic (exact) mass is 235 g/mol. The molecule has 0 radical (unpaired) electrons. The fourth-order valence-corrected chi connectivity index (χ4v) is 1.69. The number of ether oxygens (including phenoxy) is 1. The summed E-state index contributed by atoms with van der Waals surface area (Å²) in [5, 5.41) is 3.38. The fourth-order valence-electron chi connectivity index (χ4n) is 1.69. The lowest BCUT2D eigenvalue weighted by Gasteiger charge is -2.09. The van der Waals surface area contributed by atoms with Gasteiger partial charge < -0.3 is 10.1 Å². The van der Waals surface area contributed by atoms with E-state index in [1.807, 2.05) is 0 Å². The van der Waals surface area contributed by atoms with Gasteiger partial charge in [0.2, 0.25) is 0 Å². The Bertz CT molecular complexity index is 292. The number of benzene rings is 1. The van der Waals surface area contributed by atoms with Gasteiger partial charge in [0.25, 0.3) is 0 Å². The Morgan fingerprint density at radius 3 is 2.47 bits per heavy atom. The van der Waals surface area contributed by atoms with E-state index in [0.717, 1.165) is 31.7 Å². The second-order valence-electron chi connectivity index (χ2n) is 4.70. The molecule has 17 heavy (non-hydrogen) atoms. The molecular weight excluding hydrogens is 210 g/mol. The molecule has 1 aromatic rings. The van der Waals surface area contributed by atoms with Crippen LogP contribution in [0, 0.1) is 0 Å². The lowest BCUT2D eigenvalue weighted by molar-refractivity contribution is 0.306. The summed E-state index contributed by atoms with van der Waals surface area (Å²) in [6.07, 6.45) is 3.40. The van der Waals surface area contributed by atoms with Crippen molar-refractivity contribution in [1.29, 1.82) is 0 Å². The number of hydrogen-bond acceptors (Lipinski definition) is 2. The van der Waals surface area contributed by atoms with E-state index in [1.54, 1.807) is 0 Å². The van der Waals surface area contributed by atoms with E-state index in [0.29, 0.717) is 6.04 Å². The number of nitrogens with one attached hydrogen (secondary N) is 1. The van der Waals surface area contributed by atoms with Crippen LogP contribution in [0.15, 0.2) is 24.3 Å². The largest absolute Gasteiger partial charge is 0.494 e. The molecule has 1 rings (SSSR count). The zero-order chi connectivity index (χ0) is 12.5. The lowest BCUT2D eigenvalue weighted by atomic mass is 10.1. The lowest BCUT2D eigenvalue weighted by Crippen LogP contribution is -2.24. The van der Waals surface area contributed by atoms with Crippen LogP contribution in [0.1, 0.15) is 39.2 Å². The molecule has 0 amide bonds. The van der Waals surface area contributed by atoms with E-state index in [4.69, 9.17) is 4.74 Å². The zero-order valence-electron chi connectivity index (χ0n) is 11.3. The summed E-state index contributed by atoms with van der Waals surface area (Å²) in [6, 6.07) is 9.02. The molecule has 0 bridgehead atoms. The molecule has 0 aliphatic heterocycles. The van der Waals surface area contributed by atoms with Crippen LogP contribution < -0.4 is 10.1 Å². The molecule has 0 atom stereocenters. The van der Waals surface area contributed by atoms with E-state index in [9.17, 15) is 0 Å². The minimum absolute atomic E-state index is 0.559. The summed E-state index contributed by atoms with van der Waals surface area (Å²) < 4.78 is 5.68. The van der Waals surface area contributed by atoms with Crippen molar-refractivity contribution in [3.8, 4) is 5.75 Å². The molecule has 0 saturated carbocycles. The van der Waals surface area contributed by atoms with Crippen molar-refractivity contribution in [3.63, 3.8) is 0 Å². The Labute approximate surface area is 105 Å². The van der Waals surface area contributed by atoms with Gasteiger partial charge in [-0.05, 0) is 37.1 Å². The van der Waals surface area contributed by atoms with Crippen LogP contribution in [0.4, 0.5) is 0 Å². The number of hydrogen-bond donors (Lipinski definition) is 1. The predicted octanol–water partition coefficient (Wildman–Crippen LogP) is 3.41. The summed E-state index contributed by atoms with van der Waals surface area (Å²) in [6.45, 7) is 8.32. The highest BCUT2D eigenvalue weighted by atomic mass is 16.5. The third kappa shape index (κ3) is 6.32. The van der Waals surface area contributed by atoms with Crippen LogP contribution in [-0.4, -0.2) is 19.2 Å². The minimum Gasteiger partial charge on any atom is -0.494 e. The van der Waals surface area contributed by atoms with Gasteiger partial charge >= 0.3 is 0 Å². The molecule has 2 nitrogen and oxygen atoms in total. The fraction of sp³-hybridized carbons (Fsp3) is 0.600. The highest BCUT2D eigenvalue weighted by Crippen LogP contribution is 2.13. The molecular formula is C15H25NO. The topological polar surface area (TPSA) is 21.3 Å². The Morgan fingerprint density at radius 2 is 1.88 bits per heavy atom. The summed E-state index contributed by atoms with van der Waals surface area (Å²) in [5.74, 6) is 0.981. The molecule has 1 aromatic carbocycles. The van der Waals surface area contributed by atoms with Crippen molar-refractivity contribution < 1.29 is 4.74 Å². The molecule has 0 saturated heterocycles. The minimum atomic E-state index is 0.559. The molecule has 96 valence electrons. The maximum atomic E-state index is 5.68. The first-order valence-electron chi connectivity index (χ1n) is 6.67. The molecule has 0 aliphatic carbocycles. The first-order valence-corrected chi connectivity index (χ1v) is 6.67. The van der Waals surface area contributed by atoms with Crippen LogP contribution in [0.3, 0.4) is 0 Å². The number of rotatable bonds is 8. The summed E-state index contributed by atoms with van der Waals surface area (Å²) in [4.78, 5) is 0. The maximum Gasteiger partial charge on any atom is 0.119 e. The summed E-state index contributed by atoms with van der Waals surface area (Å²) in [7, 11) is 0. The first kappa shape index (κ1) is 14.0. The maximum absolute atomic E-state index is 5.68. The van der Waals surface area contributed by atoms with Crippen LogP contribution in [-0.2, 0) is 6.42 Å². The van der Waals surface area contributed by atoms with Crippen molar-refractivity contribution in [3.05, 3.63) is 29.8 Å². The van der Waals surface area contributed by atoms with Crippen molar-refractivity contribution in [2.45, 2.75) is 46.1 Å². The molecule has 0 unspecified atom stereocenters. The molecule has 0 aliphatic rings. The van der Waals surface area contributed by atoms with Gasteiger partial charge in [0, 0.05) is 6.04 Å². The average Bonchev–Trinajstić information content (AvgIpc) is 2.31. The first-order chi connectivity index (χ1) is 8.22. The molecule has 0 aromatic heterocycles. The second kappa shape index (κ2) is 8.13. The smallest absolute Gasteiger partial charge is 0.119 e. The normalized spacial score (nSPS) is 10.8. The van der Waals surface area contributed by atoms with Crippen molar-refractivity contribution in [2.75, 3.05) is 13.2 Å². The Hall–Kier alpha value is -1.02. The predicted molar refractivity (Wildman–Crippen MR) is 73.7 cm³/mol. The highest BCUT2D eigenvalue weighted by Gasteiger charge is 1.96. The third-order valence-corrected chi connectivity index (χ3v) is 2.60. The Balaban J connectivity index is 2.18. The standard InChI is InChI=1S/C15H25NO/c1-4-6-14-7-9-15(10-8-14)17-12-5-11-16-13(2)3/h7-10,13,16H,4-6,11-12H2,1-3H3.